The molecule has 0 aromatic heterocycles. The van der Waals surface area contributed by atoms with Gasteiger partial charge in [-0.3, -0.25) is 4.79 Å². The number of aliphatic hydroxyl groups is 1. The maximum Gasteiger partial charge on any atom is 0.225 e. The Balaban J connectivity index is 2.35. The number of hydrogen-bond donors (Lipinski definition) is 2. The third kappa shape index (κ3) is 6.86. The molecular weight excluding hydrogens is 270 g/mol. The van der Waals surface area contributed by atoms with Crippen LogP contribution in [0.1, 0.15) is 12.0 Å². The molecule has 0 saturated heterocycles. The number of rotatable bonds is 8. The number of anilines is 1. The van der Waals surface area contributed by atoms with Gasteiger partial charge < -0.3 is 20.1 Å². The molecule has 1 unspecified atom stereocenters. The smallest absolute Gasteiger partial charge is 0.225 e. The summed E-state index contributed by atoms with van der Waals surface area (Å²) in [6.45, 7) is 1.26. The molecule has 0 spiro atoms. The Morgan fingerprint density at radius 1 is 1.57 bits per heavy atom. The van der Waals surface area contributed by atoms with E-state index in [2.05, 4.69) is 5.32 Å². The number of hydrogen-bond acceptors (Lipinski definition) is 5. The average molecular weight is 291 g/mol. The van der Waals surface area contributed by atoms with Crippen molar-refractivity contribution in [2.45, 2.75) is 12.5 Å². The van der Waals surface area contributed by atoms with Crippen LogP contribution in [0.4, 0.5) is 5.69 Å². The summed E-state index contributed by atoms with van der Waals surface area (Å²) in [6.07, 6.45) is -0.247. The topological polar surface area (TPSA) is 85.6 Å². The van der Waals surface area contributed by atoms with Crippen LogP contribution in [-0.4, -0.2) is 55.9 Å². The summed E-state index contributed by atoms with van der Waals surface area (Å²) in [5.74, 6) is -0.127. The van der Waals surface area contributed by atoms with Crippen LogP contribution in [0, 0.1) is 11.3 Å². The van der Waals surface area contributed by atoms with Gasteiger partial charge in [0.25, 0.3) is 0 Å². The minimum atomic E-state index is -0.560. The van der Waals surface area contributed by atoms with Crippen molar-refractivity contribution >= 4 is 11.6 Å². The van der Waals surface area contributed by atoms with Gasteiger partial charge in [0.1, 0.15) is 0 Å². The van der Waals surface area contributed by atoms with Crippen LogP contribution in [0.5, 0.6) is 0 Å². The number of nitriles is 1. The lowest BCUT2D eigenvalue weighted by atomic mass is 10.2. The summed E-state index contributed by atoms with van der Waals surface area (Å²) >= 11 is 0. The fourth-order valence-electron chi connectivity index (χ4n) is 1.88. The van der Waals surface area contributed by atoms with Crippen molar-refractivity contribution < 1.29 is 14.6 Å². The second-order valence-electron chi connectivity index (χ2n) is 4.86. The van der Waals surface area contributed by atoms with Gasteiger partial charge in [-0.15, -0.1) is 0 Å². The van der Waals surface area contributed by atoms with E-state index >= 15 is 0 Å². The van der Waals surface area contributed by atoms with E-state index in [4.69, 9.17) is 10.00 Å². The minimum absolute atomic E-state index is 0.127. The van der Waals surface area contributed by atoms with Gasteiger partial charge in [-0.2, -0.15) is 5.26 Å². The maximum absolute atomic E-state index is 11.8. The van der Waals surface area contributed by atoms with Crippen molar-refractivity contribution in [3.8, 4) is 6.07 Å². The number of ether oxygens (including phenoxy) is 1. The van der Waals surface area contributed by atoms with Crippen LogP contribution in [0.15, 0.2) is 24.3 Å². The zero-order valence-electron chi connectivity index (χ0n) is 12.4. The van der Waals surface area contributed by atoms with Crippen LogP contribution in [0.3, 0.4) is 0 Å². The Labute approximate surface area is 124 Å². The Morgan fingerprint density at radius 2 is 2.33 bits per heavy atom. The second kappa shape index (κ2) is 9.08. The molecule has 0 bridgehead atoms. The van der Waals surface area contributed by atoms with Crippen molar-refractivity contribution in [2.75, 3.05) is 39.2 Å². The van der Waals surface area contributed by atoms with Gasteiger partial charge in [-0.05, 0) is 25.2 Å². The van der Waals surface area contributed by atoms with Crippen molar-refractivity contribution in [3.63, 3.8) is 0 Å². The molecule has 21 heavy (non-hydrogen) atoms. The van der Waals surface area contributed by atoms with E-state index in [1.165, 1.54) is 7.11 Å². The molecule has 6 heteroatoms. The predicted octanol–water partition coefficient (Wildman–Crippen LogP) is 0.826. The molecule has 0 fully saturated rings. The van der Waals surface area contributed by atoms with E-state index in [-0.39, 0.29) is 12.5 Å². The number of carbonyl (C=O) groups excluding carboxylic acids is 1. The lowest BCUT2D eigenvalue weighted by molar-refractivity contribution is -0.116. The molecule has 2 N–H and O–H groups in total. The zero-order chi connectivity index (χ0) is 15.7. The molecule has 6 nitrogen and oxygen atoms in total. The van der Waals surface area contributed by atoms with Gasteiger partial charge in [0, 0.05) is 32.3 Å². The molecule has 0 saturated carbocycles. The number of aliphatic hydroxyl groups excluding tert-OH is 1. The number of carbonyl (C=O) groups is 1. The number of benzene rings is 1. The normalized spacial score (nSPS) is 12.0. The first-order valence-electron chi connectivity index (χ1n) is 6.70. The second-order valence-corrected chi connectivity index (χ2v) is 4.86. The Kier molecular flexibility index (Phi) is 7.40. The van der Waals surface area contributed by atoms with Crippen molar-refractivity contribution in [2.24, 2.45) is 0 Å². The third-order valence-corrected chi connectivity index (χ3v) is 2.88. The van der Waals surface area contributed by atoms with E-state index in [0.717, 1.165) is 0 Å². The standard InChI is InChI=1S/C15H21N3O3/c1-18(10-14(19)11-21-2)7-6-15(20)17-13-5-3-4-12(8-13)9-16/h3-5,8,14,19H,6-7,10-11H2,1-2H3,(H,17,20). The first-order chi connectivity index (χ1) is 10.0. The van der Waals surface area contributed by atoms with Gasteiger partial charge >= 0.3 is 0 Å². The molecule has 1 amide bonds. The molecule has 1 rings (SSSR count). The first-order valence-corrected chi connectivity index (χ1v) is 6.70. The lowest BCUT2D eigenvalue weighted by Crippen LogP contribution is -2.33. The number of methoxy groups -OCH3 is 1. The van der Waals surface area contributed by atoms with Crippen LogP contribution in [0.25, 0.3) is 0 Å². The Bertz CT molecular complexity index is 499. The zero-order valence-corrected chi connectivity index (χ0v) is 12.4. The summed E-state index contributed by atoms with van der Waals surface area (Å²) in [5, 5.41) is 21.1. The fraction of sp³-hybridized carbons (Fsp3) is 0.467. The molecule has 0 aliphatic rings. The summed E-state index contributed by atoms with van der Waals surface area (Å²) < 4.78 is 4.85. The Morgan fingerprint density at radius 3 is 3.00 bits per heavy atom. The molecule has 114 valence electrons. The first kappa shape index (κ1) is 17.1. The minimum Gasteiger partial charge on any atom is -0.389 e. The van der Waals surface area contributed by atoms with Crippen LogP contribution in [-0.2, 0) is 9.53 Å². The maximum atomic E-state index is 11.8. The molecule has 0 aliphatic heterocycles. The monoisotopic (exact) mass is 291 g/mol. The molecule has 1 aromatic rings. The van der Waals surface area contributed by atoms with Crippen molar-refractivity contribution in [3.05, 3.63) is 29.8 Å². The highest BCUT2D eigenvalue weighted by molar-refractivity contribution is 5.90. The fourth-order valence-corrected chi connectivity index (χ4v) is 1.88. The molecule has 1 aromatic carbocycles. The van der Waals surface area contributed by atoms with E-state index in [1.807, 2.05) is 18.0 Å². The van der Waals surface area contributed by atoms with Gasteiger partial charge in [0.05, 0.1) is 24.3 Å². The van der Waals surface area contributed by atoms with E-state index in [1.54, 1.807) is 24.3 Å². The van der Waals surface area contributed by atoms with E-state index in [9.17, 15) is 9.90 Å². The SMILES string of the molecule is COCC(O)CN(C)CCC(=O)Nc1cccc(C#N)c1. The van der Waals surface area contributed by atoms with Crippen LogP contribution in [0.2, 0.25) is 0 Å². The number of likely N-dealkylation sites (N-methyl/N-ethyl adjacent to an activating group) is 1. The lowest BCUT2D eigenvalue weighted by Gasteiger charge is -2.19. The van der Waals surface area contributed by atoms with Gasteiger partial charge in [0.15, 0.2) is 0 Å². The van der Waals surface area contributed by atoms with E-state index < -0.39 is 6.10 Å². The van der Waals surface area contributed by atoms with Crippen molar-refractivity contribution in [1.82, 2.24) is 4.90 Å². The van der Waals surface area contributed by atoms with Crippen LogP contribution < -0.4 is 5.32 Å². The van der Waals surface area contributed by atoms with Crippen molar-refractivity contribution in [1.29, 1.82) is 5.26 Å². The Hall–Kier alpha value is -1.94. The van der Waals surface area contributed by atoms with Gasteiger partial charge in [-0.25, -0.2) is 0 Å². The molecule has 0 aliphatic carbocycles. The summed E-state index contributed by atoms with van der Waals surface area (Å²) in [6, 6.07) is 8.80. The number of nitrogens with zero attached hydrogens (tertiary/aromatic N) is 2. The van der Waals surface area contributed by atoms with E-state index in [0.29, 0.717) is 30.8 Å². The highest BCUT2D eigenvalue weighted by atomic mass is 16.5. The third-order valence-electron chi connectivity index (χ3n) is 2.88. The largest absolute Gasteiger partial charge is 0.389 e. The molecule has 1 atom stereocenters. The highest BCUT2D eigenvalue weighted by Crippen LogP contribution is 2.10. The quantitative estimate of drug-likeness (QED) is 0.741. The van der Waals surface area contributed by atoms with Gasteiger partial charge in [0.2, 0.25) is 5.91 Å². The molecular formula is C15H21N3O3. The molecule has 0 heterocycles. The average Bonchev–Trinajstić information content (AvgIpc) is 2.45. The summed E-state index contributed by atoms with van der Waals surface area (Å²) in [7, 11) is 3.37. The summed E-state index contributed by atoms with van der Waals surface area (Å²) in [5.41, 5.74) is 1.12. The van der Waals surface area contributed by atoms with Gasteiger partial charge in [-0.1, -0.05) is 6.07 Å². The highest BCUT2D eigenvalue weighted by Gasteiger charge is 2.10. The van der Waals surface area contributed by atoms with Crippen LogP contribution >= 0.6 is 0 Å². The predicted molar refractivity (Wildman–Crippen MR) is 79.8 cm³/mol. The number of nitrogens with one attached hydrogen (secondary N) is 1. The summed E-state index contributed by atoms with van der Waals surface area (Å²) in [4.78, 5) is 13.7. The molecule has 0 radical (unpaired) electrons. The number of amides is 1.